The average Bonchev–Trinajstić information content (AvgIpc) is 2.41. The van der Waals surface area contributed by atoms with Crippen molar-refractivity contribution in [2.75, 3.05) is 0 Å². The Balaban J connectivity index is 2.16. The Kier molecular flexibility index (Phi) is 4.81. The van der Waals surface area contributed by atoms with E-state index in [1.54, 1.807) is 18.2 Å². The van der Waals surface area contributed by atoms with E-state index >= 15 is 0 Å². The molecule has 0 aliphatic heterocycles. The van der Waals surface area contributed by atoms with Crippen LogP contribution in [0.2, 0.25) is 10.0 Å². The number of ether oxygens (including phenoxy) is 1. The van der Waals surface area contributed by atoms with Crippen molar-refractivity contribution in [3.8, 4) is 5.75 Å². The van der Waals surface area contributed by atoms with E-state index < -0.39 is 17.4 Å². The van der Waals surface area contributed by atoms with Crippen LogP contribution in [0.5, 0.6) is 5.75 Å². The lowest BCUT2D eigenvalue weighted by Crippen LogP contribution is -2.03. The van der Waals surface area contributed by atoms with Gasteiger partial charge in [-0.25, -0.2) is 8.78 Å². The second-order valence-corrected chi connectivity index (χ2v) is 4.94. The molecule has 0 atom stereocenters. The van der Waals surface area contributed by atoms with Gasteiger partial charge < -0.3 is 10.5 Å². The van der Waals surface area contributed by atoms with Crippen molar-refractivity contribution in [3.63, 3.8) is 0 Å². The van der Waals surface area contributed by atoms with Gasteiger partial charge in [-0.2, -0.15) is 0 Å². The first kappa shape index (κ1) is 15.0. The summed E-state index contributed by atoms with van der Waals surface area (Å²) in [5, 5.41) is 0.757. The summed E-state index contributed by atoms with van der Waals surface area (Å²) in [6.45, 7) is 0.0353. The first-order valence-corrected chi connectivity index (χ1v) is 6.51. The first-order chi connectivity index (χ1) is 9.51. The Morgan fingerprint density at radius 2 is 1.60 bits per heavy atom. The third-order valence-corrected chi connectivity index (χ3v) is 3.40. The maximum absolute atomic E-state index is 13.7. The Morgan fingerprint density at radius 1 is 0.950 bits per heavy atom. The molecule has 106 valence electrons. The molecule has 0 unspecified atom stereocenters. The normalized spacial score (nSPS) is 10.7. The summed E-state index contributed by atoms with van der Waals surface area (Å²) >= 11 is 11.6. The van der Waals surface area contributed by atoms with E-state index in [2.05, 4.69) is 0 Å². The van der Waals surface area contributed by atoms with Crippen LogP contribution in [0.25, 0.3) is 0 Å². The highest BCUT2D eigenvalue weighted by atomic mass is 35.5. The summed E-state index contributed by atoms with van der Waals surface area (Å²) < 4.78 is 32.5. The molecule has 6 heteroatoms. The molecule has 0 fully saturated rings. The van der Waals surface area contributed by atoms with Gasteiger partial charge in [0.1, 0.15) is 6.61 Å². The fourth-order valence-electron chi connectivity index (χ4n) is 1.65. The Morgan fingerprint density at radius 3 is 2.15 bits per heavy atom. The Labute approximate surface area is 125 Å². The minimum Gasteiger partial charge on any atom is -0.483 e. The van der Waals surface area contributed by atoms with E-state index in [-0.39, 0.29) is 13.2 Å². The number of rotatable bonds is 4. The highest BCUT2D eigenvalue weighted by Gasteiger charge is 2.12. The average molecular weight is 318 g/mol. The first-order valence-electron chi connectivity index (χ1n) is 5.76. The lowest BCUT2D eigenvalue weighted by atomic mass is 10.2. The van der Waals surface area contributed by atoms with Gasteiger partial charge in [-0.05, 0) is 35.4 Å². The summed E-state index contributed by atoms with van der Waals surface area (Å²) in [5.74, 6) is -2.01. The standard InChI is InChI=1S/C14H11Cl2F2NO/c15-10-2-1-8(3-11(10)16)7-20-14-12(17)4-9(6-19)5-13(14)18/h1-5H,6-7,19H2. The molecule has 20 heavy (non-hydrogen) atoms. The molecule has 0 aromatic heterocycles. The van der Waals surface area contributed by atoms with Crippen molar-refractivity contribution in [1.82, 2.24) is 0 Å². The SMILES string of the molecule is NCc1cc(F)c(OCc2ccc(Cl)c(Cl)c2)c(F)c1. The van der Waals surface area contributed by atoms with Crippen molar-refractivity contribution in [2.24, 2.45) is 5.73 Å². The number of benzene rings is 2. The zero-order valence-corrected chi connectivity index (χ0v) is 11.8. The van der Waals surface area contributed by atoms with Crippen molar-refractivity contribution in [1.29, 1.82) is 0 Å². The molecule has 0 radical (unpaired) electrons. The van der Waals surface area contributed by atoms with Crippen LogP contribution < -0.4 is 10.5 Å². The van der Waals surface area contributed by atoms with E-state index in [1.165, 1.54) is 0 Å². The molecular weight excluding hydrogens is 307 g/mol. The lowest BCUT2D eigenvalue weighted by molar-refractivity contribution is 0.274. The second-order valence-electron chi connectivity index (χ2n) is 4.13. The summed E-state index contributed by atoms with van der Waals surface area (Å²) in [7, 11) is 0. The Bertz CT molecular complexity index is 612. The van der Waals surface area contributed by atoms with Gasteiger partial charge in [-0.3, -0.25) is 0 Å². The third-order valence-electron chi connectivity index (χ3n) is 2.66. The van der Waals surface area contributed by atoms with Crippen LogP contribution in [0, 0.1) is 11.6 Å². The van der Waals surface area contributed by atoms with Gasteiger partial charge in [0.05, 0.1) is 10.0 Å². The Hall–Kier alpha value is -1.36. The fraction of sp³-hybridized carbons (Fsp3) is 0.143. The van der Waals surface area contributed by atoms with E-state index in [9.17, 15) is 8.78 Å². The fourth-order valence-corrected chi connectivity index (χ4v) is 1.97. The maximum Gasteiger partial charge on any atom is 0.191 e. The number of halogens is 4. The second kappa shape index (κ2) is 6.39. The molecular formula is C14H11Cl2F2NO. The van der Waals surface area contributed by atoms with E-state index in [0.29, 0.717) is 21.2 Å². The summed E-state index contributed by atoms with van der Waals surface area (Å²) in [6.07, 6.45) is 0. The maximum atomic E-state index is 13.7. The topological polar surface area (TPSA) is 35.2 Å². The molecule has 0 aliphatic rings. The van der Waals surface area contributed by atoms with Crippen LogP contribution in [0.15, 0.2) is 30.3 Å². The molecule has 2 N–H and O–H groups in total. The highest BCUT2D eigenvalue weighted by Crippen LogP contribution is 2.26. The van der Waals surface area contributed by atoms with Crippen LogP contribution in [-0.2, 0) is 13.2 Å². The molecule has 0 bridgehead atoms. The van der Waals surface area contributed by atoms with E-state index in [1.807, 2.05) is 0 Å². The zero-order chi connectivity index (χ0) is 14.7. The highest BCUT2D eigenvalue weighted by molar-refractivity contribution is 6.42. The van der Waals surface area contributed by atoms with Crippen molar-refractivity contribution in [3.05, 3.63) is 63.1 Å². The van der Waals surface area contributed by atoms with Gasteiger partial charge in [0.25, 0.3) is 0 Å². The number of nitrogens with two attached hydrogens (primary N) is 1. The van der Waals surface area contributed by atoms with Crippen LogP contribution in [0.4, 0.5) is 8.78 Å². The molecule has 0 amide bonds. The lowest BCUT2D eigenvalue weighted by Gasteiger charge is -2.10. The van der Waals surface area contributed by atoms with Gasteiger partial charge in [-0.15, -0.1) is 0 Å². The molecule has 2 aromatic rings. The molecule has 0 aliphatic carbocycles. The molecule has 0 saturated heterocycles. The summed E-state index contributed by atoms with van der Waals surface area (Å²) in [4.78, 5) is 0. The van der Waals surface area contributed by atoms with Gasteiger partial charge in [0, 0.05) is 6.54 Å². The van der Waals surface area contributed by atoms with Crippen molar-refractivity contribution < 1.29 is 13.5 Å². The number of hydrogen-bond acceptors (Lipinski definition) is 2. The largest absolute Gasteiger partial charge is 0.483 e. The predicted octanol–water partition coefficient (Wildman–Crippen LogP) is 4.31. The van der Waals surface area contributed by atoms with Crippen LogP contribution in [-0.4, -0.2) is 0 Å². The minimum atomic E-state index is -0.787. The van der Waals surface area contributed by atoms with Crippen LogP contribution in [0.3, 0.4) is 0 Å². The molecule has 0 saturated carbocycles. The van der Waals surface area contributed by atoms with Gasteiger partial charge in [0.2, 0.25) is 0 Å². The quantitative estimate of drug-likeness (QED) is 0.912. The van der Waals surface area contributed by atoms with Crippen molar-refractivity contribution in [2.45, 2.75) is 13.2 Å². The smallest absolute Gasteiger partial charge is 0.191 e. The summed E-state index contributed by atoms with van der Waals surface area (Å²) in [6, 6.07) is 7.12. The van der Waals surface area contributed by atoms with Gasteiger partial charge in [0.15, 0.2) is 17.4 Å². The van der Waals surface area contributed by atoms with E-state index in [4.69, 9.17) is 33.7 Å². The van der Waals surface area contributed by atoms with Crippen LogP contribution >= 0.6 is 23.2 Å². The zero-order valence-electron chi connectivity index (χ0n) is 10.3. The molecule has 0 heterocycles. The van der Waals surface area contributed by atoms with E-state index in [0.717, 1.165) is 12.1 Å². The summed E-state index contributed by atoms with van der Waals surface area (Å²) in [5.41, 5.74) is 6.35. The van der Waals surface area contributed by atoms with Crippen molar-refractivity contribution >= 4 is 23.2 Å². The monoisotopic (exact) mass is 317 g/mol. The minimum absolute atomic E-state index is 0.0211. The molecule has 0 spiro atoms. The molecule has 2 aromatic carbocycles. The van der Waals surface area contributed by atoms with Gasteiger partial charge in [-0.1, -0.05) is 29.3 Å². The number of hydrogen-bond donors (Lipinski definition) is 1. The van der Waals surface area contributed by atoms with Crippen LogP contribution in [0.1, 0.15) is 11.1 Å². The third kappa shape index (κ3) is 3.39. The molecule has 2 nitrogen and oxygen atoms in total. The molecule has 2 rings (SSSR count). The predicted molar refractivity (Wildman–Crippen MR) is 75.0 cm³/mol. The van der Waals surface area contributed by atoms with Gasteiger partial charge >= 0.3 is 0 Å².